The van der Waals surface area contributed by atoms with Crippen LogP contribution in [0.15, 0.2) is 24.3 Å². The monoisotopic (exact) mass is 210 g/mol. The van der Waals surface area contributed by atoms with Gasteiger partial charge in [0.15, 0.2) is 0 Å². The maximum atomic E-state index is 9.10. The Morgan fingerprint density at radius 2 is 1.79 bits per heavy atom. The molecule has 1 nitrogen and oxygen atoms in total. The van der Waals surface area contributed by atoms with Crippen molar-refractivity contribution in [3.05, 3.63) is 24.3 Å². The van der Waals surface area contributed by atoms with Gasteiger partial charge in [0, 0.05) is 0 Å². The molecule has 0 aromatic heterocycles. The summed E-state index contributed by atoms with van der Waals surface area (Å²) in [7, 11) is 0.901. The van der Waals surface area contributed by atoms with E-state index >= 15 is 0 Å². The van der Waals surface area contributed by atoms with Crippen LogP contribution in [0.5, 0.6) is 5.75 Å². The Morgan fingerprint density at radius 3 is 2.43 bits per heavy atom. The third-order valence-electron chi connectivity index (χ3n) is 2.23. The fourth-order valence-corrected chi connectivity index (χ4v) is 2.48. The molecule has 78 valence electrons. The van der Waals surface area contributed by atoms with Crippen molar-refractivity contribution in [3.8, 4) is 5.75 Å². The van der Waals surface area contributed by atoms with Crippen molar-refractivity contribution in [2.45, 2.75) is 32.6 Å². The molecule has 0 aliphatic carbocycles. The summed E-state index contributed by atoms with van der Waals surface area (Å²) in [5, 5.41) is 10.5. The highest BCUT2D eigenvalue weighted by Gasteiger charge is 1.93. The molecule has 1 atom stereocenters. The summed E-state index contributed by atoms with van der Waals surface area (Å²) < 4.78 is 0. The fourth-order valence-electron chi connectivity index (χ4n) is 1.36. The van der Waals surface area contributed by atoms with Crippen LogP contribution in [0, 0.1) is 0 Å². The minimum absolute atomic E-state index is 0.365. The lowest BCUT2D eigenvalue weighted by Crippen LogP contribution is -1.93. The first kappa shape index (κ1) is 11.5. The lowest BCUT2D eigenvalue weighted by atomic mass is 10.2. The summed E-state index contributed by atoms with van der Waals surface area (Å²) in [6.45, 7) is 2.24. The zero-order valence-electron chi connectivity index (χ0n) is 8.79. The Kier molecular flexibility index (Phi) is 5.63. The minimum atomic E-state index is 0.365. The number of unbranched alkanes of at least 4 members (excludes halogenated alkanes) is 3. The Morgan fingerprint density at radius 1 is 1.07 bits per heavy atom. The molecule has 0 fully saturated rings. The van der Waals surface area contributed by atoms with Gasteiger partial charge in [0.1, 0.15) is 5.75 Å². The third-order valence-corrected chi connectivity index (χ3v) is 3.57. The molecular formula is C12H19OP. The molecule has 0 spiro atoms. The van der Waals surface area contributed by atoms with E-state index in [1.165, 1.54) is 37.1 Å². The van der Waals surface area contributed by atoms with Crippen LogP contribution >= 0.6 is 8.58 Å². The van der Waals surface area contributed by atoms with Gasteiger partial charge in [0.2, 0.25) is 0 Å². The lowest BCUT2D eigenvalue weighted by Gasteiger charge is -2.01. The van der Waals surface area contributed by atoms with Crippen LogP contribution in [0.3, 0.4) is 0 Å². The average molecular weight is 210 g/mol. The lowest BCUT2D eigenvalue weighted by molar-refractivity contribution is 0.475. The van der Waals surface area contributed by atoms with E-state index in [1.54, 1.807) is 12.1 Å². The summed E-state index contributed by atoms with van der Waals surface area (Å²) in [5.41, 5.74) is 0. The maximum absolute atomic E-state index is 9.10. The molecule has 0 aliphatic rings. The molecule has 0 aliphatic heterocycles. The highest BCUT2D eigenvalue weighted by atomic mass is 31.1. The van der Waals surface area contributed by atoms with Crippen molar-refractivity contribution in [2.75, 3.05) is 6.16 Å². The molecule has 0 amide bonds. The zero-order valence-corrected chi connectivity index (χ0v) is 9.79. The Labute approximate surface area is 88.3 Å². The SMILES string of the molecule is CCCCCCPc1ccc(O)cc1. The predicted octanol–water partition coefficient (Wildman–Crippen LogP) is 3.28. The first-order valence-corrected chi connectivity index (χ1v) is 6.56. The summed E-state index contributed by atoms with van der Waals surface area (Å²) in [6, 6.07) is 7.59. The first-order valence-electron chi connectivity index (χ1n) is 5.36. The van der Waals surface area contributed by atoms with Gasteiger partial charge in [-0.05, 0) is 30.0 Å². The van der Waals surface area contributed by atoms with Gasteiger partial charge in [0.25, 0.3) is 0 Å². The van der Waals surface area contributed by atoms with E-state index < -0.39 is 0 Å². The van der Waals surface area contributed by atoms with Gasteiger partial charge in [-0.3, -0.25) is 0 Å². The molecular weight excluding hydrogens is 191 g/mol. The molecule has 1 aromatic carbocycles. The van der Waals surface area contributed by atoms with Crippen LogP contribution in [0.1, 0.15) is 32.6 Å². The van der Waals surface area contributed by atoms with Crippen LogP contribution in [-0.2, 0) is 0 Å². The topological polar surface area (TPSA) is 20.2 Å². The van der Waals surface area contributed by atoms with Gasteiger partial charge in [-0.15, -0.1) is 0 Å². The number of benzene rings is 1. The van der Waals surface area contributed by atoms with Crippen molar-refractivity contribution in [1.82, 2.24) is 0 Å². The average Bonchev–Trinajstić information content (AvgIpc) is 2.21. The molecule has 0 radical (unpaired) electrons. The number of phenolic OH excluding ortho intramolecular Hbond substituents is 1. The summed E-state index contributed by atoms with van der Waals surface area (Å²) >= 11 is 0. The van der Waals surface area contributed by atoms with Crippen molar-refractivity contribution >= 4 is 13.9 Å². The highest BCUT2D eigenvalue weighted by molar-refractivity contribution is 7.47. The van der Waals surface area contributed by atoms with E-state index in [1.807, 2.05) is 12.1 Å². The molecule has 0 saturated carbocycles. The maximum Gasteiger partial charge on any atom is 0.115 e. The Bertz CT molecular complexity index is 243. The molecule has 1 N–H and O–H groups in total. The molecule has 0 saturated heterocycles. The zero-order chi connectivity index (χ0) is 10.2. The van der Waals surface area contributed by atoms with E-state index in [0.29, 0.717) is 5.75 Å². The van der Waals surface area contributed by atoms with Gasteiger partial charge in [-0.2, -0.15) is 0 Å². The van der Waals surface area contributed by atoms with Crippen molar-refractivity contribution in [1.29, 1.82) is 0 Å². The van der Waals surface area contributed by atoms with Crippen molar-refractivity contribution < 1.29 is 5.11 Å². The second kappa shape index (κ2) is 6.84. The van der Waals surface area contributed by atoms with E-state index in [9.17, 15) is 0 Å². The minimum Gasteiger partial charge on any atom is -0.508 e. The van der Waals surface area contributed by atoms with Gasteiger partial charge in [0.05, 0.1) is 0 Å². The third kappa shape index (κ3) is 4.62. The van der Waals surface area contributed by atoms with Crippen molar-refractivity contribution in [3.63, 3.8) is 0 Å². The second-order valence-electron chi connectivity index (χ2n) is 3.53. The highest BCUT2D eigenvalue weighted by Crippen LogP contribution is 2.15. The Balaban J connectivity index is 2.15. The van der Waals surface area contributed by atoms with Gasteiger partial charge in [-0.1, -0.05) is 46.9 Å². The molecule has 0 bridgehead atoms. The largest absolute Gasteiger partial charge is 0.508 e. The van der Waals surface area contributed by atoms with E-state index in [4.69, 9.17) is 5.11 Å². The summed E-state index contributed by atoms with van der Waals surface area (Å²) in [5.74, 6) is 0.365. The molecule has 0 heterocycles. The first-order chi connectivity index (χ1) is 6.83. The fraction of sp³-hybridized carbons (Fsp3) is 0.500. The van der Waals surface area contributed by atoms with Gasteiger partial charge >= 0.3 is 0 Å². The Hall–Kier alpha value is -0.550. The number of phenols is 1. The smallest absolute Gasteiger partial charge is 0.115 e. The van der Waals surface area contributed by atoms with Crippen LogP contribution in [0.4, 0.5) is 0 Å². The summed E-state index contributed by atoms with van der Waals surface area (Å²) in [4.78, 5) is 0. The normalized spacial score (nSPS) is 11.2. The van der Waals surface area contributed by atoms with Crippen LogP contribution in [0.2, 0.25) is 0 Å². The number of aromatic hydroxyl groups is 1. The number of hydrogen-bond acceptors (Lipinski definition) is 1. The standard InChI is InChI=1S/C12H19OP/c1-2-3-4-5-10-14-12-8-6-11(13)7-9-12/h6-9,13-14H,2-5,10H2,1H3. The number of hydrogen-bond donors (Lipinski definition) is 1. The van der Waals surface area contributed by atoms with E-state index in [-0.39, 0.29) is 0 Å². The molecule has 2 heteroatoms. The van der Waals surface area contributed by atoms with Crippen LogP contribution in [-0.4, -0.2) is 11.3 Å². The molecule has 1 aromatic rings. The quantitative estimate of drug-likeness (QED) is 0.564. The van der Waals surface area contributed by atoms with Gasteiger partial charge < -0.3 is 5.11 Å². The predicted molar refractivity (Wildman–Crippen MR) is 65.1 cm³/mol. The van der Waals surface area contributed by atoms with Crippen molar-refractivity contribution in [2.24, 2.45) is 0 Å². The van der Waals surface area contributed by atoms with Gasteiger partial charge in [-0.25, -0.2) is 0 Å². The van der Waals surface area contributed by atoms with E-state index in [2.05, 4.69) is 6.92 Å². The molecule has 1 unspecified atom stereocenters. The van der Waals surface area contributed by atoms with E-state index in [0.717, 1.165) is 8.58 Å². The van der Waals surface area contributed by atoms with Crippen LogP contribution < -0.4 is 5.30 Å². The molecule has 1 rings (SSSR count). The van der Waals surface area contributed by atoms with Crippen LogP contribution in [0.25, 0.3) is 0 Å². The summed E-state index contributed by atoms with van der Waals surface area (Å²) in [6.07, 6.45) is 6.67. The second-order valence-corrected chi connectivity index (χ2v) is 4.97. The number of rotatable bonds is 6. The molecule has 14 heavy (non-hydrogen) atoms.